The minimum absolute atomic E-state index is 0.0405. The summed E-state index contributed by atoms with van der Waals surface area (Å²) in [5.74, 6) is -0.899. The van der Waals surface area contributed by atoms with E-state index in [1.165, 1.54) is 46.5 Å². The molecule has 0 N–H and O–H groups in total. The lowest BCUT2D eigenvalue weighted by atomic mass is 10.1. The number of amides is 4. The van der Waals surface area contributed by atoms with Gasteiger partial charge in [0.1, 0.15) is 6.54 Å². The van der Waals surface area contributed by atoms with Crippen molar-refractivity contribution in [3.8, 4) is 0 Å². The van der Waals surface area contributed by atoms with Crippen LogP contribution in [-0.4, -0.2) is 46.8 Å². The van der Waals surface area contributed by atoms with Gasteiger partial charge in [-0.3, -0.25) is 14.6 Å². The molecule has 12 heteroatoms. The summed E-state index contributed by atoms with van der Waals surface area (Å²) in [6.07, 6.45) is 2.87. The van der Waals surface area contributed by atoms with Crippen LogP contribution in [0, 0.1) is 0 Å². The zero-order chi connectivity index (χ0) is 26.0. The van der Waals surface area contributed by atoms with Crippen LogP contribution in [0.2, 0.25) is 5.02 Å². The predicted molar refractivity (Wildman–Crippen MR) is 130 cm³/mol. The Hall–Kier alpha value is -3.57. The van der Waals surface area contributed by atoms with Crippen LogP contribution < -0.4 is 9.80 Å². The molecule has 0 atom stereocenters. The molecular weight excluding hydrogens is 517 g/mol. The summed E-state index contributed by atoms with van der Waals surface area (Å²) in [5, 5.41) is 0.525. The molecule has 1 aromatic heterocycles. The maximum Gasteiger partial charge on any atom is 0.446 e. The lowest BCUT2D eigenvalue weighted by molar-refractivity contribution is -0.116. The lowest BCUT2D eigenvalue weighted by Gasteiger charge is -2.21. The third-order valence-corrected chi connectivity index (χ3v) is 6.38. The number of nitrogens with zero attached hydrogens (tertiary/aromatic N) is 4. The average molecular weight is 535 g/mol. The number of thioether (sulfide) groups is 1. The van der Waals surface area contributed by atoms with Crippen LogP contribution >= 0.6 is 23.4 Å². The third-order valence-electron chi connectivity index (χ3n) is 5.39. The van der Waals surface area contributed by atoms with Gasteiger partial charge in [-0.15, -0.1) is 0 Å². The van der Waals surface area contributed by atoms with Crippen molar-refractivity contribution >= 4 is 52.6 Å². The van der Waals surface area contributed by atoms with E-state index in [1.807, 2.05) is 0 Å². The molecule has 1 aliphatic rings. The highest BCUT2D eigenvalue weighted by Gasteiger charge is 2.38. The maximum atomic E-state index is 13.2. The molecule has 0 aliphatic carbocycles. The van der Waals surface area contributed by atoms with Crippen LogP contribution in [0.15, 0.2) is 71.9 Å². The Balaban J connectivity index is 1.51. The van der Waals surface area contributed by atoms with Gasteiger partial charge >= 0.3 is 11.5 Å². The van der Waals surface area contributed by atoms with E-state index in [-0.39, 0.29) is 46.9 Å². The van der Waals surface area contributed by atoms with Gasteiger partial charge in [-0.05, 0) is 71.9 Å². The smallest absolute Gasteiger partial charge is 0.311 e. The van der Waals surface area contributed by atoms with Crippen LogP contribution in [0.3, 0.4) is 0 Å². The molecule has 1 saturated heterocycles. The van der Waals surface area contributed by atoms with Gasteiger partial charge in [-0.25, -0.2) is 9.69 Å². The quantitative estimate of drug-likeness (QED) is 0.304. The molecule has 1 aliphatic heterocycles. The van der Waals surface area contributed by atoms with Gasteiger partial charge in [0, 0.05) is 41.6 Å². The summed E-state index contributed by atoms with van der Waals surface area (Å²) in [6, 6.07) is 12.6. The molecule has 0 saturated carbocycles. The summed E-state index contributed by atoms with van der Waals surface area (Å²) in [6.45, 7) is -0.290. The van der Waals surface area contributed by atoms with Gasteiger partial charge < -0.3 is 9.80 Å². The number of imide groups is 1. The molecule has 0 radical (unpaired) electrons. The number of aromatic nitrogens is 1. The molecule has 3 aromatic rings. The number of anilines is 2. The standard InChI is InChI=1S/C24H18ClF3N4O3S/c1-30(17-4-2-16(25)3-5-17)22(34)20-12-29-11-10-15(20)13-31-14-21(33)32(23(31)35)18-6-8-19(9-7-18)36-24(26,27)28/h2-12H,13-14H2,1H3. The number of benzene rings is 2. The summed E-state index contributed by atoms with van der Waals surface area (Å²) in [7, 11) is 1.59. The molecule has 2 heterocycles. The van der Waals surface area contributed by atoms with Crippen LogP contribution in [0.5, 0.6) is 0 Å². The first-order chi connectivity index (χ1) is 17.0. The number of rotatable bonds is 6. The summed E-state index contributed by atoms with van der Waals surface area (Å²) >= 11 is 5.63. The van der Waals surface area contributed by atoms with Crippen molar-refractivity contribution in [2.75, 3.05) is 23.4 Å². The molecule has 0 spiro atoms. The van der Waals surface area contributed by atoms with Crippen LogP contribution in [0.25, 0.3) is 0 Å². The van der Waals surface area contributed by atoms with Crippen LogP contribution in [0.1, 0.15) is 15.9 Å². The zero-order valence-electron chi connectivity index (χ0n) is 18.7. The second kappa shape index (κ2) is 10.2. The molecule has 4 rings (SSSR count). The first kappa shape index (κ1) is 25.5. The molecule has 4 amide bonds. The normalized spacial score (nSPS) is 13.9. The Kier molecular flexibility index (Phi) is 7.23. The van der Waals surface area contributed by atoms with Gasteiger partial charge in [-0.1, -0.05) is 11.6 Å². The van der Waals surface area contributed by atoms with Crippen molar-refractivity contribution in [1.29, 1.82) is 0 Å². The fraction of sp³-hybridized carbons (Fsp3) is 0.167. The van der Waals surface area contributed by atoms with Gasteiger partial charge in [0.05, 0.1) is 11.3 Å². The van der Waals surface area contributed by atoms with E-state index < -0.39 is 17.4 Å². The highest BCUT2D eigenvalue weighted by Crippen LogP contribution is 2.37. The van der Waals surface area contributed by atoms with Crippen molar-refractivity contribution in [2.24, 2.45) is 0 Å². The predicted octanol–water partition coefficient (Wildman–Crippen LogP) is 5.59. The van der Waals surface area contributed by atoms with E-state index in [2.05, 4.69) is 4.98 Å². The Morgan fingerprint density at radius 2 is 1.75 bits per heavy atom. The second-order valence-electron chi connectivity index (χ2n) is 7.78. The molecule has 0 bridgehead atoms. The van der Waals surface area contributed by atoms with Gasteiger partial charge in [0.25, 0.3) is 11.8 Å². The largest absolute Gasteiger partial charge is 0.446 e. The first-order valence-electron chi connectivity index (χ1n) is 10.5. The number of carbonyl (C=O) groups excluding carboxylic acids is 3. The number of alkyl halides is 3. The van der Waals surface area contributed by atoms with Crippen molar-refractivity contribution < 1.29 is 27.6 Å². The third kappa shape index (κ3) is 5.63. The number of pyridine rings is 1. The molecule has 186 valence electrons. The summed E-state index contributed by atoms with van der Waals surface area (Å²) < 4.78 is 37.7. The van der Waals surface area contributed by atoms with Crippen LogP contribution in [0.4, 0.5) is 29.3 Å². The lowest BCUT2D eigenvalue weighted by Crippen LogP contribution is -2.33. The second-order valence-corrected chi connectivity index (χ2v) is 9.36. The molecule has 36 heavy (non-hydrogen) atoms. The topological polar surface area (TPSA) is 73.8 Å². The SMILES string of the molecule is CN(C(=O)c1cnccc1CN1CC(=O)N(c2ccc(SC(F)(F)F)cc2)C1=O)c1ccc(Cl)cc1. The van der Waals surface area contributed by atoms with E-state index in [0.29, 0.717) is 16.3 Å². The maximum absolute atomic E-state index is 13.2. The minimum Gasteiger partial charge on any atom is -0.311 e. The monoisotopic (exact) mass is 534 g/mol. The fourth-order valence-corrected chi connectivity index (χ4v) is 4.31. The Bertz CT molecular complexity index is 1300. The van der Waals surface area contributed by atoms with Crippen molar-refractivity contribution in [2.45, 2.75) is 16.9 Å². The highest BCUT2D eigenvalue weighted by atomic mass is 35.5. The van der Waals surface area contributed by atoms with E-state index >= 15 is 0 Å². The van der Waals surface area contributed by atoms with Crippen molar-refractivity contribution in [3.63, 3.8) is 0 Å². The van der Waals surface area contributed by atoms with Gasteiger partial charge in [-0.2, -0.15) is 13.2 Å². The highest BCUT2D eigenvalue weighted by molar-refractivity contribution is 8.00. The molecule has 1 fully saturated rings. The van der Waals surface area contributed by atoms with E-state index in [1.54, 1.807) is 37.4 Å². The Morgan fingerprint density at radius 1 is 1.08 bits per heavy atom. The summed E-state index contributed by atoms with van der Waals surface area (Å²) in [4.78, 5) is 46.4. The summed E-state index contributed by atoms with van der Waals surface area (Å²) in [5.41, 5.74) is -2.95. The average Bonchev–Trinajstić information content (AvgIpc) is 3.11. The number of halogens is 4. The number of hydrogen-bond acceptors (Lipinski definition) is 5. The molecular formula is C24H18ClF3N4O3S. The number of urea groups is 1. The van der Waals surface area contributed by atoms with Crippen LogP contribution in [-0.2, 0) is 11.3 Å². The number of hydrogen-bond donors (Lipinski definition) is 0. The first-order valence-corrected chi connectivity index (χ1v) is 11.7. The zero-order valence-corrected chi connectivity index (χ0v) is 20.3. The van der Waals surface area contributed by atoms with Crippen molar-refractivity contribution in [3.05, 3.63) is 83.1 Å². The minimum atomic E-state index is -4.45. The Morgan fingerprint density at radius 3 is 2.39 bits per heavy atom. The fourth-order valence-electron chi connectivity index (χ4n) is 3.65. The van der Waals surface area contributed by atoms with Crippen molar-refractivity contribution in [1.82, 2.24) is 9.88 Å². The van der Waals surface area contributed by atoms with Gasteiger partial charge in [0.15, 0.2) is 0 Å². The Labute approximate surface area is 213 Å². The van der Waals surface area contributed by atoms with E-state index in [9.17, 15) is 27.6 Å². The molecule has 7 nitrogen and oxygen atoms in total. The van der Waals surface area contributed by atoms with Gasteiger partial charge in [0.2, 0.25) is 0 Å². The molecule has 0 unspecified atom stereocenters. The van der Waals surface area contributed by atoms with E-state index in [0.717, 1.165) is 4.90 Å². The molecule has 2 aromatic carbocycles. The number of carbonyl (C=O) groups is 3. The van der Waals surface area contributed by atoms with E-state index in [4.69, 9.17) is 11.6 Å².